The van der Waals surface area contributed by atoms with E-state index in [-0.39, 0.29) is 15.3 Å². The Kier molecular flexibility index (Phi) is 4.11. The number of nitrogens with one attached hydrogen (secondary N) is 1. The van der Waals surface area contributed by atoms with E-state index in [0.717, 1.165) is 18.5 Å². The van der Waals surface area contributed by atoms with Crippen LogP contribution in [-0.2, 0) is 10.0 Å². The van der Waals surface area contributed by atoms with Gasteiger partial charge in [-0.3, -0.25) is 9.71 Å². The molecule has 0 aromatic carbocycles. The fourth-order valence-corrected chi connectivity index (χ4v) is 3.17. The van der Waals surface area contributed by atoms with Gasteiger partial charge in [0.1, 0.15) is 15.3 Å². The molecule has 0 saturated carbocycles. The Morgan fingerprint density at radius 1 is 1.21 bits per heavy atom. The van der Waals surface area contributed by atoms with Gasteiger partial charge in [-0.05, 0) is 37.9 Å². The van der Waals surface area contributed by atoms with E-state index in [1.165, 1.54) is 6.20 Å². The summed E-state index contributed by atoms with van der Waals surface area (Å²) in [5, 5.41) is 0. The van der Waals surface area contributed by atoms with E-state index < -0.39 is 15.8 Å². The second-order valence-corrected chi connectivity index (χ2v) is 6.52. The smallest absolute Gasteiger partial charge is 0.261 e. The van der Waals surface area contributed by atoms with Crippen molar-refractivity contribution in [2.45, 2.75) is 4.90 Å². The Morgan fingerprint density at radius 2 is 1.95 bits per heavy atom. The van der Waals surface area contributed by atoms with Gasteiger partial charge in [-0.2, -0.15) is 0 Å². The molecule has 0 spiro atoms. The van der Waals surface area contributed by atoms with Crippen molar-refractivity contribution < 1.29 is 12.8 Å². The lowest BCUT2D eigenvalue weighted by atomic mass is 10.5. The maximum absolute atomic E-state index is 13.0. The molecule has 100 valence electrons. The molecule has 0 saturated heterocycles. The van der Waals surface area contributed by atoms with Crippen LogP contribution in [0.3, 0.4) is 0 Å². The molecule has 0 bridgehead atoms. The number of halogens is 3. The SMILES string of the molecule is O=S(=O)(Nc1ncc(Br)nc1Br)c1cncc(F)c1. The summed E-state index contributed by atoms with van der Waals surface area (Å²) in [6.45, 7) is 0. The van der Waals surface area contributed by atoms with Crippen LogP contribution >= 0.6 is 31.9 Å². The van der Waals surface area contributed by atoms with Gasteiger partial charge in [-0.15, -0.1) is 0 Å². The van der Waals surface area contributed by atoms with Crippen molar-refractivity contribution >= 4 is 47.7 Å². The van der Waals surface area contributed by atoms with Crippen LogP contribution in [0, 0.1) is 5.82 Å². The number of pyridine rings is 1. The first-order chi connectivity index (χ1) is 8.88. The molecular formula is C9H5Br2FN4O2S. The Morgan fingerprint density at radius 3 is 2.58 bits per heavy atom. The molecule has 0 aliphatic rings. The van der Waals surface area contributed by atoms with E-state index in [9.17, 15) is 12.8 Å². The molecule has 0 fully saturated rings. The number of anilines is 1. The molecule has 2 aromatic rings. The Labute approximate surface area is 124 Å². The highest BCUT2D eigenvalue weighted by molar-refractivity contribution is 9.11. The maximum atomic E-state index is 13.0. The van der Waals surface area contributed by atoms with Crippen molar-refractivity contribution in [2.75, 3.05) is 4.72 Å². The van der Waals surface area contributed by atoms with Gasteiger partial charge in [0.2, 0.25) is 0 Å². The van der Waals surface area contributed by atoms with Gasteiger partial charge < -0.3 is 0 Å². The number of hydrogen-bond donors (Lipinski definition) is 1. The van der Waals surface area contributed by atoms with Gasteiger partial charge in [0.25, 0.3) is 10.0 Å². The van der Waals surface area contributed by atoms with Crippen LogP contribution in [0.5, 0.6) is 0 Å². The molecule has 19 heavy (non-hydrogen) atoms. The third-order valence-corrected chi connectivity index (χ3v) is 4.16. The zero-order valence-electron chi connectivity index (χ0n) is 9.01. The van der Waals surface area contributed by atoms with E-state index in [2.05, 4.69) is 51.5 Å². The number of rotatable bonds is 3. The lowest BCUT2D eigenvalue weighted by Crippen LogP contribution is -2.15. The van der Waals surface area contributed by atoms with Crippen molar-refractivity contribution in [1.29, 1.82) is 0 Å². The number of sulfonamides is 1. The van der Waals surface area contributed by atoms with Crippen molar-refractivity contribution in [2.24, 2.45) is 0 Å². The van der Waals surface area contributed by atoms with Crippen LogP contribution in [0.15, 0.2) is 38.8 Å². The second-order valence-electron chi connectivity index (χ2n) is 3.28. The van der Waals surface area contributed by atoms with Crippen molar-refractivity contribution in [3.63, 3.8) is 0 Å². The minimum atomic E-state index is -3.97. The molecule has 2 rings (SSSR count). The van der Waals surface area contributed by atoms with Crippen LogP contribution in [0.4, 0.5) is 10.2 Å². The Bertz CT molecular complexity index is 726. The number of nitrogens with zero attached hydrogens (tertiary/aromatic N) is 3. The summed E-state index contributed by atoms with van der Waals surface area (Å²) in [6.07, 6.45) is 3.27. The van der Waals surface area contributed by atoms with Gasteiger partial charge in [-0.1, -0.05) is 0 Å². The maximum Gasteiger partial charge on any atom is 0.264 e. The summed E-state index contributed by atoms with van der Waals surface area (Å²) in [5.41, 5.74) is 0. The first-order valence-corrected chi connectivity index (χ1v) is 7.77. The fraction of sp³-hybridized carbons (Fsp3) is 0. The first-order valence-electron chi connectivity index (χ1n) is 4.70. The molecule has 0 aliphatic carbocycles. The lowest BCUT2D eigenvalue weighted by molar-refractivity contribution is 0.592. The Balaban J connectivity index is 2.36. The van der Waals surface area contributed by atoms with Crippen LogP contribution < -0.4 is 4.72 Å². The highest BCUT2D eigenvalue weighted by Gasteiger charge is 2.18. The fourth-order valence-electron chi connectivity index (χ4n) is 1.14. The van der Waals surface area contributed by atoms with Gasteiger partial charge in [-0.25, -0.2) is 22.8 Å². The molecule has 1 N–H and O–H groups in total. The first kappa shape index (κ1) is 14.3. The van der Waals surface area contributed by atoms with Gasteiger partial charge in [0, 0.05) is 6.20 Å². The third-order valence-electron chi connectivity index (χ3n) is 1.92. The molecule has 2 heterocycles. The van der Waals surface area contributed by atoms with Gasteiger partial charge in [0.05, 0.1) is 12.4 Å². The lowest BCUT2D eigenvalue weighted by Gasteiger charge is -2.08. The largest absolute Gasteiger partial charge is 0.264 e. The molecule has 0 atom stereocenters. The number of aromatic nitrogens is 3. The number of hydrogen-bond acceptors (Lipinski definition) is 5. The monoisotopic (exact) mass is 410 g/mol. The quantitative estimate of drug-likeness (QED) is 0.837. The van der Waals surface area contributed by atoms with E-state index in [1.807, 2.05) is 0 Å². The van der Waals surface area contributed by atoms with Gasteiger partial charge in [0.15, 0.2) is 10.4 Å². The highest BCUT2D eigenvalue weighted by Crippen LogP contribution is 2.22. The third kappa shape index (κ3) is 3.45. The normalized spacial score (nSPS) is 11.3. The molecule has 10 heteroatoms. The summed E-state index contributed by atoms with van der Waals surface area (Å²) in [7, 11) is -3.97. The van der Waals surface area contributed by atoms with Crippen molar-refractivity contribution in [3.05, 3.63) is 39.7 Å². The molecule has 0 aliphatic heterocycles. The highest BCUT2D eigenvalue weighted by atomic mass is 79.9. The summed E-state index contributed by atoms with van der Waals surface area (Å²) in [5.74, 6) is -0.753. The summed E-state index contributed by atoms with van der Waals surface area (Å²) in [6, 6.07) is 0.857. The molecule has 6 nitrogen and oxygen atoms in total. The molecule has 0 radical (unpaired) electrons. The standard InChI is InChI=1S/C9H5Br2FN4O2S/c10-7-4-14-9(8(11)15-7)16-19(17,18)6-1-5(12)2-13-3-6/h1-4H,(H,14,16). The predicted molar refractivity (Wildman–Crippen MR) is 72.4 cm³/mol. The average Bonchev–Trinajstić information content (AvgIpc) is 2.33. The summed E-state index contributed by atoms with van der Waals surface area (Å²) >= 11 is 6.16. The zero-order chi connectivity index (χ0) is 14.0. The average molecular weight is 412 g/mol. The Hall–Kier alpha value is -1.13. The summed E-state index contributed by atoms with van der Waals surface area (Å²) < 4.78 is 39.7. The minimum absolute atomic E-state index is 0.00698. The van der Waals surface area contributed by atoms with Crippen molar-refractivity contribution in [1.82, 2.24) is 15.0 Å². The van der Waals surface area contributed by atoms with E-state index in [0.29, 0.717) is 4.60 Å². The topological polar surface area (TPSA) is 84.8 Å². The molecule has 0 unspecified atom stereocenters. The van der Waals surface area contributed by atoms with E-state index in [1.54, 1.807) is 0 Å². The van der Waals surface area contributed by atoms with Gasteiger partial charge >= 0.3 is 0 Å². The molecule has 2 aromatic heterocycles. The second kappa shape index (κ2) is 5.47. The summed E-state index contributed by atoms with van der Waals surface area (Å²) in [4.78, 5) is 11.0. The zero-order valence-corrected chi connectivity index (χ0v) is 13.0. The van der Waals surface area contributed by atoms with Crippen LogP contribution in [-0.4, -0.2) is 23.4 Å². The van der Waals surface area contributed by atoms with E-state index >= 15 is 0 Å². The van der Waals surface area contributed by atoms with Crippen LogP contribution in [0.2, 0.25) is 0 Å². The minimum Gasteiger partial charge on any atom is -0.261 e. The van der Waals surface area contributed by atoms with E-state index in [4.69, 9.17) is 0 Å². The molecular weight excluding hydrogens is 407 g/mol. The van der Waals surface area contributed by atoms with Crippen LogP contribution in [0.25, 0.3) is 0 Å². The molecule has 0 amide bonds. The van der Waals surface area contributed by atoms with Crippen molar-refractivity contribution in [3.8, 4) is 0 Å². The predicted octanol–water partition coefficient (Wildman–Crippen LogP) is 2.34. The van der Waals surface area contributed by atoms with Crippen LogP contribution in [0.1, 0.15) is 0 Å².